The summed E-state index contributed by atoms with van der Waals surface area (Å²) < 4.78 is 5.76. The van der Waals surface area contributed by atoms with E-state index < -0.39 is 0 Å². The lowest BCUT2D eigenvalue weighted by molar-refractivity contribution is -0.118. The van der Waals surface area contributed by atoms with E-state index in [1.54, 1.807) is 23.4 Å². The van der Waals surface area contributed by atoms with E-state index in [-0.39, 0.29) is 12.0 Å². The second-order valence-electron chi connectivity index (χ2n) is 5.05. The van der Waals surface area contributed by atoms with Crippen LogP contribution in [-0.2, 0) is 11.2 Å². The monoisotopic (exact) mass is 302 g/mol. The molecule has 0 unspecified atom stereocenters. The number of pyridine rings is 1. The number of ether oxygens (including phenoxy) is 1. The van der Waals surface area contributed by atoms with Crippen molar-refractivity contribution in [2.75, 3.05) is 11.4 Å². The maximum atomic E-state index is 12.6. The molecule has 21 heavy (non-hydrogen) atoms. The minimum Gasteiger partial charge on any atom is -0.485 e. The normalized spacial score (nSPS) is 17.0. The third-order valence-corrected chi connectivity index (χ3v) is 3.70. The maximum absolute atomic E-state index is 12.6. The molecule has 0 saturated heterocycles. The van der Waals surface area contributed by atoms with Gasteiger partial charge in [0.25, 0.3) is 0 Å². The molecule has 0 N–H and O–H groups in total. The molecule has 0 bridgehead atoms. The Hall–Kier alpha value is -2.07. The average molecular weight is 303 g/mol. The molecule has 108 valence electrons. The number of anilines is 1. The number of carbonyl (C=O) groups excluding carboxylic acids is 1. The number of halogens is 1. The summed E-state index contributed by atoms with van der Waals surface area (Å²) in [5, 5.41) is 0.528. The molecule has 3 rings (SSSR count). The smallest absolute Gasteiger partial charge is 0.231 e. The summed E-state index contributed by atoms with van der Waals surface area (Å²) in [6.07, 6.45) is 3.63. The maximum Gasteiger partial charge on any atom is 0.231 e. The first kappa shape index (κ1) is 13.9. The Labute approximate surface area is 128 Å². The predicted octanol–water partition coefficient (Wildman–Crippen LogP) is 3.09. The van der Waals surface area contributed by atoms with Crippen LogP contribution in [0.5, 0.6) is 5.75 Å². The van der Waals surface area contributed by atoms with Crippen molar-refractivity contribution in [3.05, 3.63) is 53.3 Å². The molecule has 0 aliphatic carbocycles. The largest absolute Gasteiger partial charge is 0.485 e. The van der Waals surface area contributed by atoms with E-state index in [2.05, 4.69) is 4.98 Å². The summed E-state index contributed by atoms with van der Waals surface area (Å²) in [5.74, 6) is 0.612. The predicted molar refractivity (Wildman–Crippen MR) is 81.8 cm³/mol. The van der Waals surface area contributed by atoms with Crippen LogP contribution in [0, 0.1) is 0 Å². The van der Waals surface area contributed by atoms with E-state index in [1.807, 2.05) is 31.2 Å². The van der Waals surface area contributed by atoms with E-state index in [0.29, 0.717) is 23.7 Å². The first-order valence-corrected chi connectivity index (χ1v) is 7.17. The second-order valence-corrected chi connectivity index (χ2v) is 5.46. The van der Waals surface area contributed by atoms with Crippen molar-refractivity contribution in [3.8, 4) is 5.75 Å². The molecule has 0 fully saturated rings. The van der Waals surface area contributed by atoms with Crippen LogP contribution in [0.3, 0.4) is 0 Å². The minimum atomic E-state index is -0.0845. The van der Waals surface area contributed by atoms with E-state index in [0.717, 1.165) is 11.3 Å². The fraction of sp³-hybridized carbons (Fsp3) is 0.250. The number of rotatable bonds is 2. The lowest BCUT2D eigenvalue weighted by atomic mass is 10.1. The van der Waals surface area contributed by atoms with Gasteiger partial charge in [-0.25, -0.2) is 0 Å². The van der Waals surface area contributed by atoms with Gasteiger partial charge >= 0.3 is 0 Å². The Balaban J connectivity index is 1.89. The van der Waals surface area contributed by atoms with Gasteiger partial charge in [-0.05, 0) is 36.8 Å². The topological polar surface area (TPSA) is 42.4 Å². The first-order chi connectivity index (χ1) is 10.1. The zero-order chi connectivity index (χ0) is 14.8. The molecular formula is C16H15ClN2O2. The molecule has 1 atom stereocenters. The van der Waals surface area contributed by atoms with Gasteiger partial charge in [0, 0.05) is 12.4 Å². The van der Waals surface area contributed by atoms with Crippen LogP contribution in [0.25, 0.3) is 0 Å². The van der Waals surface area contributed by atoms with Crippen LogP contribution in [0.1, 0.15) is 12.5 Å². The molecule has 1 amide bonds. The fourth-order valence-electron chi connectivity index (χ4n) is 2.43. The Kier molecular flexibility index (Phi) is 3.80. The molecule has 4 nitrogen and oxygen atoms in total. The first-order valence-electron chi connectivity index (χ1n) is 6.79. The van der Waals surface area contributed by atoms with Gasteiger partial charge in [0.05, 0.1) is 23.7 Å². The number of amides is 1. The van der Waals surface area contributed by atoms with E-state index in [9.17, 15) is 4.79 Å². The molecule has 1 aromatic heterocycles. The molecule has 0 spiro atoms. The summed E-state index contributed by atoms with van der Waals surface area (Å²) >= 11 is 6.17. The highest BCUT2D eigenvalue weighted by atomic mass is 35.5. The van der Waals surface area contributed by atoms with Crippen molar-refractivity contribution >= 4 is 23.2 Å². The van der Waals surface area contributed by atoms with Crippen molar-refractivity contribution in [3.63, 3.8) is 0 Å². The molecule has 0 saturated carbocycles. The van der Waals surface area contributed by atoms with Gasteiger partial charge in [-0.2, -0.15) is 0 Å². The highest BCUT2D eigenvalue weighted by molar-refractivity contribution is 6.32. The van der Waals surface area contributed by atoms with E-state index in [1.165, 1.54) is 0 Å². The van der Waals surface area contributed by atoms with Crippen LogP contribution in [0.2, 0.25) is 5.02 Å². The summed E-state index contributed by atoms with van der Waals surface area (Å²) in [5.41, 5.74) is 1.68. The lowest BCUT2D eigenvalue weighted by Crippen LogP contribution is -2.43. The highest BCUT2D eigenvalue weighted by Gasteiger charge is 2.28. The Bertz CT molecular complexity index is 661. The third-order valence-electron chi connectivity index (χ3n) is 3.40. The van der Waals surface area contributed by atoms with Gasteiger partial charge in [0.1, 0.15) is 6.10 Å². The standard InChI is InChI=1S/C16H15ClN2O2/c1-11-10-19(14-4-2-3-13(17)16(14)21-11)15(20)9-12-5-7-18-8-6-12/h2-8,11H,9-10H2,1H3/t11-/m0/s1. The molecule has 2 aromatic rings. The van der Waals surface area contributed by atoms with Crippen LogP contribution >= 0.6 is 11.6 Å². The lowest BCUT2D eigenvalue weighted by Gasteiger charge is -2.34. The second kappa shape index (κ2) is 5.74. The summed E-state index contributed by atoms with van der Waals surface area (Å²) in [7, 11) is 0. The molecule has 2 heterocycles. The Morgan fingerprint density at radius 3 is 2.90 bits per heavy atom. The van der Waals surface area contributed by atoms with Gasteiger partial charge in [0.2, 0.25) is 5.91 Å². The Morgan fingerprint density at radius 2 is 2.14 bits per heavy atom. The molecular weight excluding hydrogens is 288 g/mol. The third kappa shape index (κ3) is 2.85. The average Bonchev–Trinajstić information content (AvgIpc) is 2.48. The number of hydrogen-bond acceptors (Lipinski definition) is 3. The highest BCUT2D eigenvalue weighted by Crippen LogP contribution is 2.39. The zero-order valence-corrected chi connectivity index (χ0v) is 12.4. The SMILES string of the molecule is C[C@H]1CN(C(=O)Cc2ccncc2)c2cccc(Cl)c2O1. The van der Waals surface area contributed by atoms with Gasteiger partial charge in [-0.3, -0.25) is 9.78 Å². The Morgan fingerprint density at radius 1 is 1.38 bits per heavy atom. The number of hydrogen-bond donors (Lipinski definition) is 0. The zero-order valence-electron chi connectivity index (χ0n) is 11.6. The van der Waals surface area contributed by atoms with Crippen molar-refractivity contribution in [1.29, 1.82) is 0 Å². The van der Waals surface area contributed by atoms with E-state index in [4.69, 9.17) is 16.3 Å². The van der Waals surface area contributed by atoms with Gasteiger partial charge in [0.15, 0.2) is 5.75 Å². The van der Waals surface area contributed by atoms with Crippen molar-refractivity contribution < 1.29 is 9.53 Å². The van der Waals surface area contributed by atoms with Gasteiger partial charge in [-0.1, -0.05) is 17.7 Å². The molecule has 5 heteroatoms. The summed E-state index contributed by atoms with van der Waals surface area (Å²) in [6.45, 7) is 2.45. The van der Waals surface area contributed by atoms with Crippen molar-refractivity contribution in [2.24, 2.45) is 0 Å². The number of benzene rings is 1. The molecule has 0 radical (unpaired) electrons. The summed E-state index contributed by atoms with van der Waals surface area (Å²) in [6, 6.07) is 9.15. The quantitative estimate of drug-likeness (QED) is 0.856. The number of para-hydroxylation sites is 1. The van der Waals surface area contributed by atoms with Crippen molar-refractivity contribution in [2.45, 2.75) is 19.4 Å². The fourth-order valence-corrected chi connectivity index (χ4v) is 2.64. The van der Waals surface area contributed by atoms with Crippen LogP contribution in [-0.4, -0.2) is 23.5 Å². The molecule has 1 aliphatic heterocycles. The van der Waals surface area contributed by atoms with Crippen LogP contribution < -0.4 is 9.64 Å². The van der Waals surface area contributed by atoms with Crippen molar-refractivity contribution in [1.82, 2.24) is 4.98 Å². The van der Waals surface area contributed by atoms with Crippen LogP contribution in [0.15, 0.2) is 42.7 Å². The molecule has 1 aliphatic rings. The number of nitrogens with zero attached hydrogens (tertiary/aromatic N) is 2. The van der Waals surface area contributed by atoms with Gasteiger partial charge in [-0.15, -0.1) is 0 Å². The summed E-state index contributed by atoms with van der Waals surface area (Å²) in [4.78, 5) is 18.3. The van der Waals surface area contributed by atoms with Crippen LogP contribution in [0.4, 0.5) is 5.69 Å². The molecule has 1 aromatic carbocycles. The van der Waals surface area contributed by atoms with Gasteiger partial charge < -0.3 is 9.64 Å². The van der Waals surface area contributed by atoms with E-state index >= 15 is 0 Å². The number of aromatic nitrogens is 1. The minimum absolute atomic E-state index is 0.0277. The number of carbonyl (C=O) groups is 1. The number of fused-ring (bicyclic) bond motifs is 1.